The Morgan fingerprint density at radius 2 is 2.00 bits per heavy atom. The number of nitrogens with one attached hydrogen (secondary N) is 1. The first-order valence-electron chi connectivity index (χ1n) is 9.01. The number of anilines is 3. The van der Waals surface area contributed by atoms with E-state index in [2.05, 4.69) is 26.3 Å². The van der Waals surface area contributed by atoms with E-state index < -0.39 is 0 Å². The van der Waals surface area contributed by atoms with Gasteiger partial charge >= 0.3 is 6.09 Å². The van der Waals surface area contributed by atoms with Gasteiger partial charge in [-0.1, -0.05) is 17.7 Å². The number of benzene rings is 1. The fourth-order valence-electron chi connectivity index (χ4n) is 3.08. The number of amides is 1. The molecule has 1 amide bonds. The average Bonchev–Trinajstić information content (AvgIpc) is 2.65. The van der Waals surface area contributed by atoms with Crippen molar-refractivity contribution in [3.05, 3.63) is 40.5 Å². The number of ether oxygens (including phenoxy) is 1. The summed E-state index contributed by atoms with van der Waals surface area (Å²) in [6.45, 7) is 8.71. The fourth-order valence-corrected chi connectivity index (χ4v) is 3.44. The molecule has 27 heavy (non-hydrogen) atoms. The number of nitrogens with zero attached hydrogens (tertiary/aromatic N) is 4. The molecule has 3 rings (SSSR count). The molecule has 1 aromatic carbocycles. The number of carbonyl (C=O) groups excluding carboxylic acids is 1. The van der Waals surface area contributed by atoms with Crippen molar-refractivity contribution < 1.29 is 9.53 Å². The lowest BCUT2D eigenvalue weighted by atomic mass is 10.1. The Kier molecular flexibility index (Phi) is 6.01. The number of aryl methyl sites for hydroxylation is 2. The van der Waals surface area contributed by atoms with Gasteiger partial charge in [0.25, 0.3) is 0 Å². The fraction of sp³-hybridized carbons (Fsp3) is 0.421. The Morgan fingerprint density at radius 3 is 2.67 bits per heavy atom. The number of hydrogen-bond donors (Lipinski definition) is 1. The van der Waals surface area contributed by atoms with E-state index in [1.54, 1.807) is 11.1 Å². The standard InChI is InChI=1S/C19H24ClN5O2/c1-4-27-19(26)25-9-7-24(8-10-25)18-21-6-5-16(23-18)22-17-14(3)11-13(2)12-15(17)20/h5-6,11-12H,4,7-10H2,1-3H3,(H,21,22,23). The van der Waals surface area contributed by atoms with Crippen molar-refractivity contribution in [3.63, 3.8) is 0 Å². The van der Waals surface area contributed by atoms with E-state index in [9.17, 15) is 4.79 Å². The summed E-state index contributed by atoms with van der Waals surface area (Å²) >= 11 is 6.38. The van der Waals surface area contributed by atoms with Gasteiger partial charge in [-0.05, 0) is 44.0 Å². The lowest BCUT2D eigenvalue weighted by molar-refractivity contribution is 0.105. The molecule has 1 N–H and O–H groups in total. The average molecular weight is 390 g/mol. The zero-order valence-corrected chi connectivity index (χ0v) is 16.6. The third kappa shape index (κ3) is 4.60. The maximum atomic E-state index is 11.8. The molecule has 8 heteroatoms. The molecule has 0 spiro atoms. The summed E-state index contributed by atoms with van der Waals surface area (Å²) in [5.41, 5.74) is 3.02. The van der Waals surface area contributed by atoms with E-state index in [4.69, 9.17) is 16.3 Å². The van der Waals surface area contributed by atoms with Crippen LogP contribution in [-0.2, 0) is 4.74 Å². The highest BCUT2D eigenvalue weighted by Gasteiger charge is 2.23. The molecule has 1 aliphatic heterocycles. The van der Waals surface area contributed by atoms with Gasteiger partial charge in [0.05, 0.1) is 17.3 Å². The second-order valence-electron chi connectivity index (χ2n) is 6.48. The van der Waals surface area contributed by atoms with Gasteiger partial charge in [-0.2, -0.15) is 4.98 Å². The minimum Gasteiger partial charge on any atom is -0.450 e. The molecule has 0 bridgehead atoms. The van der Waals surface area contributed by atoms with Gasteiger partial charge in [0, 0.05) is 32.4 Å². The maximum Gasteiger partial charge on any atom is 0.409 e. The van der Waals surface area contributed by atoms with Crippen LogP contribution < -0.4 is 10.2 Å². The number of aromatic nitrogens is 2. The van der Waals surface area contributed by atoms with Crippen LogP contribution in [-0.4, -0.2) is 53.7 Å². The first kappa shape index (κ1) is 19.2. The molecular weight excluding hydrogens is 366 g/mol. The molecule has 1 fully saturated rings. The first-order valence-corrected chi connectivity index (χ1v) is 9.39. The summed E-state index contributed by atoms with van der Waals surface area (Å²) in [5, 5.41) is 3.96. The number of piperazine rings is 1. The molecule has 2 aromatic rings. The van der Waals surface area contributed by atoms with Crippen molar-refractivity contribution >= 4 is 35.1 Å². The monoisotopic (exact) mass is 389 g/mol. The maximum absolute atomic E-state index is 11.8. The van der Waals surface area contributed by atoms with Crippen LogP contribution in [0.5, 0.6) is 0 Å². The number of halogens is 1. The summed E-state index contributed by atoms with van der Waals surface area (Å²) in [6, 6.07) is 5.81. The molecule has 0 aliphatic carbocycles. The molecule has 2 heterocycles. The van der Waals surface area contributed by atoms with E-state index in [0.717, 1.165) is 16.8 Å². The SMILES string of the molecule is CCOC(=O)N1CCN(c2nccc(Nc3c(C)cc(C)cc3Cl)n2)CC1. The summed E-state index contributed by atoms with van der Waals surface area (Å²) in [6.07, 6.45) is 1.46. The molecule has 0 radical (unpaired) electrons. The minimum absolute atomic E-state index is 0.266. The van der Waals surface area contributed by atoms with Gasteiger partial charge in [-0.25, -0.2) is 9.78 Å². The topological polar surface area (TPSA) is 70.6 Å². The van der Waals surface area contributed by atoms with Gasteiger partial charge in [-0.3, -0.25) is 0 Å². The van der Waals surface area contributed by atoms with Crippen molar-refractivity contribution in [2.45, 2.75) is 20.8 Å². The molecule has 144 valence electrons. The van der Waals surface area contributed by atoms with Crippen LogP contribution in [0.3, 0.4) is 0 Å². The minimum atomic E-state index is -0.266. The molecule has 1 aliphatic rings. The zero-order valence-electron chi connectivity index (χ0n) is 15.8. The summed E-state index contributed by atoms with van der Waals surface area (Å²) in [7, 11) is 0. The van der Waals surface area contributed by atoms with E-state index in [0.29, 0.717) is 49.6 Å². The zero-order chi connectivity index (χ0) is 19.4. The van der Waals surface area contributed by atoms with Crippen molar-refractivity contribution in [3.8, 4) is 0 Å². The van der Waals surface area contributed by atoms with Gasteiger partial charge in [0.2, 0.25) is 5.95 Å². The highest BCUT2D eigenvalue weighted by atomic mass is 35.5. The van der Waals surface area contributed by atoms with E-state index in [1.165, 1.54) is 0 Å². The van der Waals surface area contributed by atoms with Gasteiger partial charge < -0.3 is 19.9 Å². The van der Waals surface area contributed by atoms with Crippen LogP contribution >= 0.6 is 11.6 Å². The van der Waals surface area contributed by atoms with Crippen molar-refractivity contribution in [1.29, 1.82) is 0 Å². The Bertz CT molecular complexity index is 798. The van der Waals surface area contributed by atoms with Crippen LogP contribution in [0.15, 0.2) is 24.4 Å². The third-order valence-electron chi connectivity index (χ3n) is 4.42. The van der Waals surface area contributed by atoms with Gasteiger partial charge in [0.15, 0.2) is 0 Å². The molecule has 0 atom stereocenters. The smallest absolute Gasteiger partial charge is 0.409 e. The molecular formula is C19H24ClN5O2. The third-order valence-corrected chi connectivity index (χ3v) is 4.71. The Labute approximate surface area is 164 Å². The van der Waals surface area contributed by atoms with Crippen molar-refractivity contribution in [1.82, 2.24) is 14.9 Å². The lowest BCUT2D eigenvalue weighted by Gasteiger charge is -2.34. The molecule has 0 unspecified atom stereocenters. The predicted octanol–water partition coefficient (Wildman–Crippen LogP) is 3.77. The first-order chi connectivity index (χ1) is 13.0. The number of hydrogen-bond acceptors (Lipinski definition) is 6. The van der Waals surface area contributed by atoms with Crippen LogP contribution in [0.25, 0.3) is 0 Å². The second-order valence-corrected chi connectivity index (χ2v) is 6.89. The van der Waals surface area contributed by atoms with E-state index in [-0.39, 0.29) is 6.09 Å². The molecule has 0 saturated carbocycles. The quantitative estimate of drug-likeness (QED) is 0.858. The number of carbonyl (C=O) groups is 1. The normalized spacial score (nSPS) is 14.2. The Balaban J connectivity index is 1.69. The Hall–Kier alpha value is -2.54. The summed E-state index contributed by atoms with van der Waals surface area (Å²) in [4.78, 5) is 24.6. The van der Waals surface area contributed by atoms with Crippen LogP contribution in [0.4, 0.5) is 22.2 Å². The van der Waals surface area contributed by atoms with Crippen molar-refractivity contribution in [2.75, 3.05) is 43.0 Å². The van der Waals surface area contributed by atoms with E-state index >= 15 is 0 Å². The van der Waals surface area contributed by atoms with Crippen LogP contribution in [0.1, 0.15) is 18.1 Å². The molecule has 7 nitrogen and oxygen atoms in total. The van der Waals surface area contributed by atoms with Crippen LogP contribution in [0.2, 0.25) is 5.02 Å². The summed E-state index contributed by atoms with van der Waals surface area (Å²) in [5.74, 6) is 1.31. The summed E-state index contributed by atoms with van der Waals surface area (Å²) < 4.78 is 5.05. The molecule has 1 aromatic heterocycles. The highest BCUT2D eigenvalue weighted by Crippen LogP contribution is 2.30. The van der Waals surface area contributed by atoms with Gasteiger partial charge in [0.1, 0.15) is 5.82 Å². The van der Waals surface area contributed by atoms with Crippen LogP contribution in [0, 0.1) is 13.8 Å². The lowest BCUT2D eigenvalue weighted by Crippen LogP contribution is -2.49. The number of rotatable bonds is 4. The largest absolute Gasteiger partial charge is 0.450 e. The van der Waals surface area contributed by atoms with Gasteiger partial charge in [-0.15, -0.1) is 0 Å². The van der Waals surface area contributed by atoms with Crippen molar-refractivity contribution in [2.24, 2.45) is 0 Å². The second kappa shape index (κ2) is 8.43. The van der Waals surface area contributed by atoms with E-state index in [1.807, 2.05) is 32.9 Å². The predicted molar refractivity (Wildman–Crippen MR) is 107 cm³/mol. The Morgan fingerprint density at radius 1 is 1.26 bits per heavy atom. The highest BCUT2D eigenvalue weighted by molar-refractivity contribution is 6.33. The molecule has 1 saturated heterocycles.